The Balaban J connectivity index is 2.10. The predicted octanol–water partition coefficient (Wildman–Crippen LogP) is 0.148. The van der Waals surface area contributed by atoms with Crippen molar-refractivity contribution in [1.29, 1.82) is 0 Å². The Kier molecular flexibility index (Phi) is 3.47. The highest BCUT2D eigenvalue weighted by Gasteiger charge is 2.07. The Labute approximate surface area is 104 Å². The molecule has 2 aromatic rings. The summed E-state index contributed by atoms with van der Waals surface area (Å²) in [5, 5.41) is 2.82. The molecule has 0 aliphatic rings. The molecule has 3 N–H and O–H groups in total. The van der Waals surface area contributed by atoms with E-state index in [0.717, 1.165) is 6.54 Å². The van der Waals surface area contributed by atoms with Crippen molar-refractivity contribution in [3.8, 4) is 0 Å². The van der Waals surface area contributed by atoms with Crippen LogP contribution >= 0.6 is 0 Å². The maximum Gasteiger partial charge on any atom is 0.323 e. The fraction of sp³-hybridized carbons (Fsp3) is 0.333. The van der Waals surface area contributed by atoms with Gasteiger partial charge >= 0.3 is 5.69 Å². The van der Waals surface area contributed by atoms with E-state index >= 15 is 0 Å². The number of aromatic nitrogens is 2. The van der Waals surface area contributed by atoms with Crippen molar-refractivity contribution in [2.75, 3.05) is 27.2 Å². The van der Waals surface area contributed by atoms with Crippen LogP contribution in [0.3, 0.4) is 0 Å². The number of amides is 1. The molecule has 1 aromatic carbocycles. The molecular weight excluding hydrogens is 232 g/mol. The lowest BCUT2D eigenvalue weighted by atomic mass is 10.2. The summed E-state index contributed by atoms with van der Waals surface area (Å²) >= 11 is 0. The standard InChI is InChI=1S/C12H16N4O2/c1-16(2)6-5-13-11(17)8-3-4-9-10(7-8)15-12(18)14-9/h3-4,7H,5-6H2,1-2H3,(H,13,17)(H2,14,15,18). The summed E-state index contributed by atoms with van der Waals surface area (Å²) in [5.74, 6) is -0.138. The third-order valence-electron chi connectivity index (χ3n) is 2.62. The van der Waals surface area contributed by atoms with Gasteiger partial charge in [0.25, 0.3) is 5.91 Å². The number of hydrogen-bond acceptors (Lipinski definition) is 3. The molecule has 0 atom stereocenters. The van der Waals surface area contributed by atoms with Crippen molar-refractivity contribution in [2.24, 2.45) is 0 Å². The molecule has 0 spiro atoms. The molecule has 0 bridgehead atoms. The lowest BCUT2D eigenvalue weighted by Crippen LogP contribution is -2.31. The number of aromatic amines is 2. The van der Waals surface area contributed by atoms with Crippen molar-refractivity contribution >= 4 is 16.9 Å². The van der Waals surface area contributed by atoms with Gasteiger partial charge in [-0.2, -0.15) is 0 Å². The second kappa shape index (κ2) is 5.05. The van der Waals surface area contributed by atoms with E-state index in [1.54, 1.807) is 18.2 Å². The van der Waals surface area contributed by atoms with Gasteiger partial charge in [0.1, 0.15) is 0 Å². The number of rotatable bonds is 4. The average molecular weight is 248 g/mol. The molecule has 1 amide bonds. The zero-order chi connectivity index (χ0) is 13.1. The van der Waals surface area contributed by atoms with E-state index in [0.29, 0.717) is 23.1 Å². The Morgan fingerprint density at radius 2 is 2.00 bits per heavy atom. The van der Waals surface area contributed by atoms with Crippen LogP contribution in [0.4, 0.5) is 0 Å². The Hall–Kier alpha value is -2.08. The molecule has 6 heteroatoms. The van der Waals surface area contributed by atoms with Gasteiger partial charge in [-0.3, -0.25) is 4.79 Å². The van der Waals surface area contributed by atoms with Gasteiger partial charge in [-0.25, -0.2) is 4.79 Å². The highest BCUT2D eigenvalue weighted by molar-refractivity contribution is 5.97. The van der Waals surface area contributed by atoms with Crippen molar-refractivity contribution in [3.63, 3.8) is 0 Å². The third-order valence-corrected chi connectivity index (χ3v) is 2.62. The fourth-order valence-corrected chi connectivity index (χ4v) is 1.67. The lowest BCUT2D eigenvalue weighted by molar-refractivity contribution is 0.0951. The van der Waals surface area contributed by atoms with Gasteiger partial charge < -0.3 is 20.2 Å². The quantitative estimate of drug-likeness (QED) is 0.720. The maximum atomic E-state index is 11.8. The van der Waals surface area contributed by atoms with Crippen LogP contribution < -0.4 is 11.0 Å². The van der Waals surface area contributed by atoms with Crippen LogP contribution in [0, 0.1) is 0 Å². The zero-order valence-corrected chi connectivity index (χ0v) is 10.4. The largest absolute Gasteiger partial charge is 0.351 e. The molecule has 0 aliphatic carbocycles. The topological polar surface area (TPSA) is 81.0 Å². The minimum Gasteiger partial charge on any atom is -0.351 e. The first-order chi connectivity index (χ1) is 8.56. The van der Waals surface area contributed by atoms with Crippen molar-refractivity contribution < 1.29 is 4.79 Å². The molecule has 0 aliphatic heterocycles. The van der Waals surface area contributed by atoms with Gasteiger partial charge in [0.2, 0.25) is 0 Å². The van der Waals surface area contributed by atoms with E-state index < -0.39 is 0 Å². The molecule has 0 unspecified atom stereocenters. The highest BCUT2D eigenvalue weighted by Crippen LogP contribution is 2.09. The molecule has 6 nitrogen and oxygen atoms in total. The van der Waals surface area contributed by atoms with E-state index in [2.05, 4.69) is 15.3 Å². The minimum absolute atomic E-state index is 0.138. The summed E-state index contributed by atoms with van der Waals surface area (Å²) in [6.45, 7) is 1.38. The van der Waals surface area contributed by atoms with Crippen LogP contribution in [0.2, 0.25) is 0 Å². The number of imidazole rings is 1. The Morgan fingerprint density at radius 3 is 2.72 bits per heavy atom. The number of H-pyrrole nitrogens is 2. The van der Waals surface area contributed by atoms with Gasteiger partial charge in [0, 0.05) is 18.7 Å². The second-order valence-electron chi connectivity index (χ2n) is 4.40. The molecule has 0 radical (unpaired) electrons. The second-order valence-corrected chi connectivity index (χ2v) is 4.40. The molecule has 1 aromatic heterocycles. The monoisotopic (exact) mass is 248 g/mol. The van der Waals surface area contributed by atoms with Crippen molar-refractivity contribution in [2.45, 2.75) is 0 Å². The number of nitrogens with zero attached hydrogens (tertiary/aromatic N) is 1. The smallest absolute Gasteiger partial charge is 0.323 e. The first-order valence-corrected chi connectivity index (χ1v) is 5.71. The van der Waals surface area contributed by atoms with Crippen LogP contribution in [0.15, 0.2) is 23.0 Å². The van der Waals surface area contributed by atoms with E-state index in [4.69, 9.17) is 0 Å². The fourth-order valence-electron chi connectivity index (χ4n) is 1.67. The molecule has 2 rings (SSSR count). The number of hydrogen-bond donors (Lipinski definition) is 3. The summed E-state index contributed by atoms with van der Waals surface area (Å²) < 4.78 is 0. The SMILES string of the molecule is CN(C)CCNC(=O)c1ccc2[nH]c(=O)[nH]c2c1. The number of benzene rings is 1. The molecule has 0 saturated carbocycles. The van der Waals surface area contributed by atoms with E-state index in [-0.39, 0.29) is 11.6 Å². The van der Waals surface area contributed by atoms with Crippen LogP contribution in [-0.2, 0) is 0 Å². The third kappa shape index (κ3) is 2.78. The number of carbonyl (C=O) groups excluding carboxylic acids is 1. The first-order valence-electron chi connectivity index (χ1n) is 5.71. The van der Waals surface area contributed by atoms with Gasteiger partial charge in [-0.15, -0.1) is 0 Å². The highest BCUT2D eigenvalue weighted by atomic mass is 16.2. The number of likely N-dealkylation sites (N-methyl/N-ethyl adjacent to an activating group) is 1. The number of fused-ring (bicyclic) bond motifs is 1. The molecule has 1 heterocycles. The first kappa shape index (κ1) is 12.4. The average Bonchev–Trinajstić information content (AvgIpc) is 2.67. The minimum atomic E-state index is -0.268. The summed E-state index contributed by atoms with van der Waals surface area (Å²) in [6.07, 6.45) is 0. The van der Waals surface area contributed by atoms with E-state index in [1.807, 2.05) is 19.0 Å². The summed E-state index contributed by atoms with van der Waals surface area (Å²) in [7, 11) is 3.89. The van der Waals surface area contributed by atoms with Gasteiger partial charge in [0.05, 0.1) is 11.0 Å². The zero-order valence-electron chi connectivity index (χ0n) is 10.4. The van der Waals surface area contributed by atoms with E-state index in [1.165, 1.54) is 0 Å². The Morgan fingerprint density at radius 1 is 1.28 bits per heavy atom. The molecular formula is C12H16N4O2. The van der Waals surface area contributed by atoms with Crippen molar-refractivity contribution in [1.82, 2.24) is 20.2 Å². The normalized spacial score (nSPS) is 11.1. The van der Waals surface area contributed by atoms with Crippen LogP contribution in [0.5, 0.6) is 0 Å². The number of carbonyl (C=O) groups is 1. The molecule has 18 heavy (non-hydrogen) atoms. The maximum absolute atomic E-state index is 11.8. The molecule has 96 valence electrons. The van der Waals surface area contributed by atoms with Crippen LogP contribution in [0.25, 0.3) is 11.0 Å². The lowest BCUT2D eigenvalue weighted by Gasteiger charge is -2.10. The molecule has 0 saturated heterocycles. The van der Waals surface area contributed by atoms with Crippen molar-refractivity contribution in [3.05, 3.63) is 34.2 Å². The van der Waals surface area contributed by atoms with Crippen LogP contribution in [-0.4, -0.2) is 48.0 Å². The Bertz CT molecular complexity index is 612. The summed E-state index contributed by atoms with van der Waals surface area (Å²) in [5.41, 5.74) is 1.61. The summed E-state index contributed by atoms with van der Waals surface area (Å²) in [4.78, 5) is 30.2. The van der Waals surface area contributed by atoms with E-state index in [9.17, 15) is 9.59 Å². The van der Waals surface area contributed by atoms with Crippen LogP contribution in [0.1, 0.15) is 10.4 Å². The summed E-state index contributed by atoms with van der Waals surface area (Å²) in [6, 6.07) is 5.07. The number of nitrogens with one attached hydrogen (secondary N) is 3. The predicted molar refractivity (Wildman–Crippen MR) is 69.8 cm³/mol. The van der Waals surface area contributed by atoms with Gasteiger partial charge in [-0.1, -0.05) is 0 Å². The molecule has 0 fully saturated rings. The van der Waals surface area contributed by atoms with Gasteiger partial charge in [-0.05, 0) is 32.3 Å². The van der Waals surface area contributed by atoms with Gasteiger partial charge in [0.15, 0.2) is 0 Å².